The molecule has 8 heteroatoms. The van der Waals surface area contributed by atoms with E-state index in [-0.39, 0.29) is 27.4 Å². The van der Waals surface area contributed by atoms with E-state index < -0.39 is 16.0 Å². The fourth-order valence-electron chi connectivity index (χ4n) is 1.63. The molecule has 20 heavy (non-hydrogen) atoms. The molecule has 0 aliphatic heterocycles. The van der Waals surface area contributed by atoms with Gasteiger partial charge in [0.25, 0.3) is 0 Å². The molecule has 2 N–H and O–H groups in total. The molecule has 0 aromatic heterocycles. The molecular formula is C12H15Cl2NO4S. The molecule has 0 amide bonds. The molecule has 0 fully saturated rings. The lowest BCUT2D eigenvalue weighted by Crippen LogP contribution is -2.32. The van der Waals surface area contributed by atoms with Gasteiger partial charge in [-0.05, 0) is 38.0 Å². The Labute approximate surface area is 127 Å². The summed E-state index contributed by atoms with van der Waals surface area (Å²) in [6, 6.07) is 3.68. The van der Waals surface area contributed by atoms with Crippen LogP contribution in [0.1, 0.15) is 26.2 Å². The van der Waals surface area contributed by atoms with Crippen molar-refractivity contribution in [1.29, 1.82) is 0 Å². The lowest BCUT2D eigenvalue weighted by molar-refractivity contribution is -0.137. The Balaban J connectivity index is 2.71. The molecule has 1 rings (SSSR count). The van der Waals surface area contributed by atoms with Crippen LogP contribution in [0.4, 0.5) is 0 Å². The van der Waals surface area contributed by atoms with Crippen LogP contribution in [0.25, 0.3) is 0 Å². The van der Waals surface area contributed by atoms with Crippen LogP contribution in [0.15, 0.2) is 23.1 Å². The Hall–Kier alpha value is -0.820. The molecule has 112 valence electrons. The molecule has 0 spiro atoms. The predicted molar refractivity (Wildman–Crippen MR) is 77.7 cm³/mol. The van der Waals surface area contributed by atoms with Crippen LogP contribution in [0.2, 0.25) is 10.0 Å². The summed E-state index contributed by atoms with van der Waals surface area (Å²) in [7, 11) is -3.72. The Morgan fingerprint density at radius 1 is 1.30 bits per heavy atom. The Morgan fingerprint density at radius 2 is 1.85 bits per heavy atom. The van der Waals surface area contributed by atoms with Crippen LogP contribution in [0.5, 0.6) is 0 Å². The second-order valence-corrected chi connectivity index (χ2v) is 7.00. The van der Waals surface area contributed by atoms with Gasteiger partial charge in [0.15, 0.2) is 0 Å². The standard InChI is InChI=1S/C12H15Cl2NO4S/c1-8(3-2-4-12(16)17)15-20(18,19)11-6-9(13)5-10(14)7-11/h5-8,15H,2-4H2,1H3,(H,16,17). The summed E-state index contributed by atoms with van der Waals surface area (Å²) in [5.74, 6) is -0.901. The van der Waals surface area contributed by atoms with E-state index in [9.17, 15) is 13.2 Å². The molecular weight excluding hydrogens is 325 g/mol. The van der Waals surface area contributed by atoms with Crippen LogP contribution >= 0.6 is 23.2 Å². The van der Waals surface area contributed by atoms with Gasteiger partial charge in [0, 0.05) is 22.5 Å². The largest absolute Gasteiger partial charge is 0.481 e. The van der Waals surface area contributed by atoms with Gasteiger partial charge in [-0.2, -0.15) is 0 Å². The van der Waals surface area contributed by atoms with Gasteiger partial charge in [0.1, 0.15) is 0 Å². The first-order valence-corrected chi connectivity index (χ1v) is 8.15. The van der Waals surface area contributed by atoms with Crippen LogP contribution in [0.3, 0.4) is 0 Å². The number of carbonyl (C=O) groups is 1. The molecule has 5 nitrogen and oxygen atoms in total. The van der Waals surface area contributed by atoms with Crippen molar-refractivity contribution < 1.29 is 18.3 Å². The Morgan fingerprint density at radius 3 is 2.35 bits per heavy atom. The minimum atomic E-state index is -3.72. The van der Waals surface area contributed by atoms with Gasteiger partial charge < -0.3 is 5.11 Å². The number of carboxylic acids is 1. The van der Waals surface area contributed by atoms with Crippen LogP contribution in [-0.4, -0.2) is 25.5 Å². The number of carboxylic acid groups (broad SMARTS) is 1. The third-order valence-electron chi connectivity index (χ3n) is 2.53. The van der Waals surface area contributed by atoms with Crippen molar-refractivity contribution in [2.45, 2.75) is 37.1 Å². The average Bonchev–Trinajstić information content (AvgIpc) is 2.26. The molecule has 1 atom stereocenters. The quantitative estimate of drug-likeness (QED) is 0.799. The minimum Gasteiger partial charge on any atom is -0.481 e. The average molecular weight is 340 g/mol. The van der Waals surface area contributed by atoms with Gasteiger partial charge in [-0.15, -0.1) is 0 Å². The first-order chi connectivity index (χ1) is 9.20. The molecule has 1 unspecified atom stereocenters. The summed E-state index contributed by atoms with van der Waals surface area (Å²) in [5.41, 5.74) is 0. The highest BCUT2D eigenvalue weighted by molar-refractivity contribution is 7.89. The highest BCUT2D eigenvalue weighted by Crippen LogP contribution is 2.22. The van der Waals surface area contributed by atoms with E-state index in [4.69, 9.17) is 28.3 Å². The van der Waals surface area contributed by atoms with Gasteiger partial charge in [0.05, 0.1) is 4.90 Å². The lowest BCUT2D eigenvalue weighted by Gasteiger charge is -2.14. The summed E-state index contributed by atoms with van der Waals surface area (Å²) in [6.45, 7) is 1.67. The predicted octanol–water partition coefficient (Wildman–Crippen LogP) is 2.92. The zero-order chi connectivity index (χ0) is 15.3. The molecule has 0 aliphatic rings. The van der Waals surface area contributed by atoms with Crippen molar-refractivity contribution in [2.24, 2.45) is 0 Å². The first-order valence-electron chi connectivity index (χ1n) is 5.91. The molecule has 0 heterocycles. The fraction of sp³-hybridized carbons (Fsp3) is 0.417. The van der Waals surface area contributed by atoms with E-state index >= 15 is 0 Å². The SMILES string of the molecule is CC(CCCC(=O)O)NS(=O)(=O)c1cc(Cl)cc(Cl)c1. The Kier molecular flexibility index (Phi) is 6.26. The second-order valence-electron chi connectivity index (χ2n) is 4.41. The van der Waals surface area contributed by atoms with E-state index in [1.54, 1.807) is 6.92 Å². The molecule has 1 aromatic rings. The topological polar surface area (TPSA) is 83.5 Å². The number of rotatable bonds is 7. The molecule has 0 saturated carbocycles. The maximum atomic E-state index is 12.1. The summed E-state index contributed by atoms with van der Waals surface area (Å²) >= 11 is 11.5. The number of nitrogens with one attached hydrogen (secondary N) is 1. The molecule has 0 radical (unpaired) electrons. The molecule has 1 aromatic carbocycles. The normalized spacial score (nSPS) is 13.2. The number of benzene rings is 1. The highest BCUT2D eigenvalue weighted by Gasteiger charge is 2.18. The first kappa shape index (κ1) is 17.2. The summed E-state index contributed by atoms with van der Waals surface area (Å²) < 4.78 is 26.7. The monoisotopic (exact) mass is 339 g/mol. The number of hydrogen-bond acceptors (Lipinski definition) is 3. The van der Waals surface area contributed by atoms with Crippen molar-refractivity contribution >= 4 is 39.2 Å². The highest BCUT2D eigenvalue weighted by atomic mass is 35.5. The smallest absolute Gasteiger partial charge is 0.303 e. The van der Waals surface area contributed by atoms with Gasteiger partial charge in [0.2, 0.25) is 10.0 Å². The summed E-state index contributed by atoms with van der Waals surface area (Å²) in [5, 5.41) is 9.00. The summed E-state index contributed by atoms with van der Waals surface area (Å²) in [4.78, 5) is 10.4. The number of hydrogen-bond donors (Lipinski definition) is 2. The zero-order valence-corrected chi connectivity index (χ0v) is 13.1. The number of halogens is 2. The summed E-state index contributed by atoms with van der Waals surface area (Å²) in [6.07, 6.45) is 0.838. The third-order valence-corrected chi connectivity index (χ3v) is 4.54. The lowest BCUT2D eigenvalue weighted by atomic mass is 10.1. The molecule has 0 saturated heterocycles. The maximum Gasteiger partial charge on any atom is 0.303 e. The van der Waals surface area contributed by atoms with Crippen LogP contribution < -0.4 is 4.72 Å². The number of aliphatic carboxylic acids is 1. The van der Waals surface area contributed by atoms with Gasteiger partial charge in [-0.25, -0.2) is 13.1 Å². The fourth-order valence-corrected chi connectivity index (χ4v) is 3.64. The zero-order valence-electron chi connectivity index (χ0n) is 10.8. The maximum absolute atomic E-state index is 12.1. The van der Waals surface area contributed by atoms with Gasteiger partial charge >= 0.3 is 5.97 Å². The van der Waals surface area contributed by atoms with Crippen molar-refractivity contribution in [3.05, 3.63) is 28.2 Å². The third kappa shape index (κ3) is 5.66. The van der Waals surface area contributed by atoms with E-state index in [0.717, 1.165) is 0 Å². The van der Waals surface area contributed by atoms with E-state index in [0.29, 0.717) is 12.8 Å². The van der Waals surface area contributed by atoms with E-state index in [2.05, 4.69) is 4.72 Å². The molecule has 0 aliphatic carbocycles. The van der Waals surface area contributed by atoms with Crippen LogP contribution in [-0.2, 0) is 14.8 Å². The van der Waals surface area contributed by atoms with E-state index in [1.807, 2.05) is 0 Å². The van der Waals surface area contributed by atoms with Crippen molar-refractivity contribution in [3.8, 4) is 0 Å². The van der Waals surface area contributed by atoms with Crippen molar-refractivity contribution in [2.75, 3.05) is 0 Å². The van der Waals surface area contributed by atoms with Crippen molar-refractivity contribution in [3.63, 3.8) is 0 Å². The Bertz CT molecular complexity index is 569. The molecule has 0 bridgehead atoms. The number of sulfonamides is 1. The minimum absolute atomic E-state index is 0.00899. The second kappa shape index (κ2) is 7.26. The van der Waals surface area contributed by atoms with Gasteiger partial charge in [-0.1, -0.05) is 23.2 Å². The van der Waals surface area contributed by atoms with E-state index in [1.165, 1.54) is 18.2 Å². The van der Waals surface area contributed by atoms with Crippen molar-refractivity contribution in [1.82, 2.24) is 4.72 Å². The van der Waals surface area contributed by atoms with Gasteiger partial charge in [-0.3, -0.25) is 4.79 Å². The van der Waals surface area contributed by atoms with Crippen LogP contribution in [0, 0.1) is 0 Å².